The minimum absolute atomic E-state index is 0. The van der Waals surface area contributed by atoms with Gasteiger partial charge in [0, 0.05) is 76.2 Å². The van der Waals surface area contributed by atoms with Gasteiger partial charge in [-0.15, -0.1) is 12.4 Å². The van der Waals surface area contributed by atoms with E-state index in [0.717, 1.165) is 56.7 Å². The minimum atomic E-state index is 0. The van der Waals surface area contributed by atoms with Crippen LogP contribution in [0.3, 0.4) is 0 Å². The number of amides is 2. The molecular formula is C20H28ClN5O2. The molecule has 8 heteroatoms. The summed E-state index contributed by atoms with van der Waals surface area (Å²) in [5.74, 6) is 0.302. The van der Waals surface area contributed by atoms with Crippen molar-refractivity contribution in [3.8, 4) is 0 Å². The summed E-state index contributed by atoms with van der Waals surface area (Å²) in [6.07, 6.45) is 0.565. The number of nitrogens with one attached hydrogen (secondary N) is 2. The molecule has 0 radical (unpaired) electrons. The van der Waals surface area contributed by atoms with Crippen LogP contribution in [0.1, 0.15) is 16.9 Å². The highest BCUT2D eigenvalue weighted by molar-refractivity contribution is 5.98. The number of carbonyl (C=O) groups excluding carboxylic acids is 2. The van der Waals surface area contributed by atoms with Gasteiger partial charge < -0.3 is 20.1 Å². The van der Waals surface area contributed by atoms with E-state index in [-0.39, 0.29) is 24.2 Å². The van der Waals surface area contributed by atoms with Crippen LogP contribution in [0.15, 0.2) is 30.3 Å². The quantitative estimate of drug-likeness (QED) is 0.801. The lowest BCUT2D eigenvalue weighted by molar-refractivity contribution is -0.132. The van der Waals surface area contributed by atoms with Crippen LogP contribution in [0.25, 0.3) is 10.9 Å². The van der Waals surface area contributed by atoms with Crippen molar-refractivity contribution in [3.05, 3.63) is 36.0 Å². The number of aromatic amines is 1. The molecule has 2 amide bonds. The summed E-state index contributed by atoms with van der Waals surface area (Å²) in [6.45, 7) is 7.22. The van der Waals surface area contributed by atoms with Crippen molar-refractivity contribution >= 4 is 35.1 Å². The van der Waals surface area contributed by atoms with E-state index in [1.165, 1.54) is 0 Å². The number of rotatable bonds is 4. The Balaban J connectivity index is 0.00000225. The van der Waals surface area contributed by atoms with Crippen molar-refractivity contribution in [3.63, 3.8) is 0 Å². The van der Waals surface area contributed by atoms with Crippen molar-refractivity contribution < 1.29 is 9.59 Å². The normalized spacial score (nSPS) is 18.1. The molecule has 0 atom stereocenters. The smallest absolute Gasteiger partial charge is 0.270 e. The summed E-state index contributed by atoms with van der Waals surface area (Å²) in [6, 6.07) is 9.87. The van der Waals surface area contributed by atoms with Crippen molar-refractivity contribution in [2.45, 2.75) is 6.42 Å². The van der Waals surface area contributed by atoms with Crippen LogP contribution in [0.5, 0.6) is 0 Å². The molecule has 1 aromatic heterocycles. The predicted octanol–water partition coefficient (Wildman–Crippen LogP) is 1.17. The Morgan fingerprint density at radius 3 is 2.36 bits per heavy atom. The highest BCUT2D eigenvalue weighted by Gasteiger charge is 2.24. The van der Waals surface area contributed by atoms with E-state index in [0.29, 0.717) is 25.2 Å². The first kappa shape index (κ1) is 20.6. The lowest BCUT2D eigenvalue weighted by Gasteiger charge is -2.35. The van der Waals surface area contributed by atoms with Gasteiger partial charge in [-0.05, 0) is 12.1 Å². The van der Waals surface area contributed by atoms with Crippen LogP contribution in [0.2, 0.25) is 0 Å². The number of piperazine rings is 2. The van der Waals surface area contributed by atoms with Crippen molar-refractivity contribution in [2.24, 2.45) is 0 Å². The molecule has 4 rings (SSSR count). The number of hydrogen-bond acceptors (Lipinski definition) is 4. The van der Waals surface area contributed by atoms with Gasteiger partial charge in [-0.1, -0.05) is 18.2 Å². The minimum Gasteiger partial charge on any atom is -0.351 e. The fraction of sp³-hybridized carbons (Fsp3) is 0.500. The van der Waals surface area contributed by atoms with Gasteiger partial charge in [0.1, 0.15) is 5.69 Å². The molecule has 0 saturated carbocycles. The van der Waals surface area contributed by atoms with Crippen LogP contribution in [0.4, 0.5) is 0 Å². The van der Waals surface area contributed by atoms with Gasteiger partial charge in [-0.3, -0.25) is 14.5 Å². The molecule has 0 unspecified atom stereocenters. The summed E-state index contributed by atoms with van der Waals surface area (Å²) < 4.78 is 0. The molecule has 28 heavy (non-hydrogen) atoms. The van der Waals surface area contributed by atoms with Gasteiger partial charge in [0.15, 0.2) is 0 Å². The van der Waals surface area contributed by atoms with E-state index < -0.39 is 0 Å². The average Bonchev–Trinajstić information content (AvgIpc) is 3.17. The maximum absolute atomic E-state index is 12.8. The van der Waals surface area contributed by atoms with Gasteiger partial charge in [-0.2, -0.15) is 0 Å². The third kappa shape index (κ3) is 4.66. The monoisotopic (exact) mass is 405 g/mol. The number of benzene rings is 1. The van der Waals surface area contributed by atoms with Gasteiger partial charge in [0.05, 0.1) is 0 Å². The predicted molar refractivity (Wildman–Crippen MR) is 112 cm³/mol. The van der Waals surface area contributed by atoms with Crippen LogP contribution >= 0.6 is 12.4 Å². The number of halogens is 1. The Hall–Kier alpha value is -2.09. The van der Waals surface area contributed by atoms with Gasteiger partial charge in [-0.25, -0.2) is 0 Å². The zero-order valence-corrected chi connectivity index (χ0v) is 16.8. The second-order valence-electron chi connectivity index (χ2n) is 7.28. The zero-order chi connectivity index (χ0) is 18.6. The SMILES string of the molecule is Cl.O=C(CCN1CCN(C(=O)c2cc3ccccc3[nH]2)CC1)N1CCNCC1. The highest BCUT2D eigenvalue weighted by Crippen LogP contribution is 2.17. The highest BCUT2D eigenvalue weighted by atomic mass is 35.5. The molecule has 1 aromatic carbocycles. The van der Waals surface area contributed by atoms with Crippen molar-refractivity contribution in [1.82, 2.24) is 25.0 Å². The first-order valence-electron chi connectivity index (χ1n) is 9.78. The third-order valence-electron chi connectivity index (χ3n) is 5.53. The van der Waals surface area contributed by atoms with Crippen molar-refractivity contribution in [2.75, 3.05) is 58.9 Å². The Labute approximate surface area is 171 Å². The largest absolute Gasteiger partial charge is 0.351 e. The number of H-pyrrole nitrogens is 1. The van der Waals surface area contributed by atoms with Crippen LogP contribution in [0, 0.1) is 0 Å². The number of para-hydroxylation sites is 1. The molecule has 2 aliphatic heterocycles. The van der Waals surface area contributed by atoms with Crippen molar-refractivity contribution in [1.29, 1.82) is 0 Å². The van der Waals surface area contributed by atoms with E-state index in [9.17, 15) is 9.59 Å². The molecule has 2 aromatic rings. The molecule has 0 bridgehead atoms. The Bertz CT molecular complexity index is 777. The molecule has 3 heterocycles. The number of carbonyl (C=O) groups is 2. The second kappa shape index (κ2) is 9.41. The zero-order valence-electron chi connectivity index (χ0n) is 16.0. The number of nitrogens with zero attached hydrogens (tertiary/aromatic N) is 3. The summed E-state index contributed by atoms with van der Waals surface area (Å²) in [5, 5.41) is 4.33. The first-order chi connectivity index (χ1) is 13.2. The molecule has 0 spiro atoms. The van der Waals surface area contributed by atoms with Crippen LogP contribution < -0.4 is 5.32 Å². The summed E-state index contributed by atoms with van der Waals surface area (Å²) in [5.41, 5.74) is 1.64. The third-order valence-corrected chi connectivity index (χ3v) is 5.53. The Morgan fingerprint density at radius 2 is 1.64 bits per heavy atom. The summed E-state index contributed by atoms with van der Waals surface area (Å²) >= 11 is 0. The summed E-state index contributed by atoms with van der Waals surface area (Å²) in [4.78, 5) is 34.4. The Kier molecular flexibility index (Phi) is 6.93. The van der Waals surface area contributed by atoms with E-state index in [1.807, 2.05) is 40.1 Å². The fourth-order valence-corrected chi connectivity index (χ4v) is 3.86. The van der Waals surface area contributed by atoms with Gasteiger partial charge in [0.2, 0.25) is 5.91 Å². The molecule has 152 valence electrons. The Morgan fingerprint density at radius 1 is 0.929 bits per heavy atom. The van der Waals surface area contributed by atoms with E-state index in [1.54, 1.807) is 0 Å². The number of aromatic nitrogens is 1. The first-order valence-corrected chi connectivity index (χ1v) is 9.78. The number of hydrogen-bond donors (Lipinski definition) is 2. The standard InChI is InChI=1S/C20H27N5O2.ClH/c26-19(24-9-6-21-7-10-24)5-8-23-11-13-25(14-12-23)20(27)18-15-16-3-1-2-4-17(16)22-18;/h1-4,15,21-22H,5-14H2;1H. The maximum Gasteiger partial charge on any atom is 0.270 e. The van der Waals surface area contributed by atoms with E-state index >= 15 is 0 Å². The fourth-order valence-electron chi connectivity index (χ4n) is 3.86. The maximum atomic E-state index is 12.8. The lowest BCUT2D eigenvalue weighted by Crippen LogP contribution is -2.50. The van der Waals surface area contributed by atoms with Crippen LogP contribution in [-0.2, 0) is 4.79 Å². The molecule has 2 saturated heterocycles. The topological polar surface area (TPSA) is 71.7 Å². The van der Waals surface area contributed by atoms with E-state index in [2.05, 4.69) is 15.2 Å². The molecule has 0 aliphatic carbocycles. The molecule has 7 nitrogen and oxygen atoms in total. The molecule has 2 fully saturated rings. The van der Waals surface area contributed by atoms with Crippen LogP contribution in [-0.4, -0.2) is 90.4 Å². The van der Waals surface area contributed by atoms with Gasteiger partial charge >= 0.3 is 0 Å². The second-order valence-corrected chi connectivity index (χ2v) is 7.28. The lowest BCUT2D eigenvalue weighted by atomic mass is 10.2. The number of fused-ring (bicyclic) bond motifs is 1. The van der Waals surface area contributed by atoms with E-state index in [4.69, 9.17) is 0 Å². The molecular weight excluding hydrogens is 378 g/mol. The molecule has 2 N–H and O–H groups in total. The van der Waals surface area contributed by atoms with Gasteiger partial charge in [0.25, 0.3) is 5.91 Å². The molecule has 2 aliphatic rings. The summed E-state index contributed by atoms with van der Waals surface area (Å²) in [7, 11) is 0. The average molecular weight is 406 g/mol.